The molecule has 0 aromatic rings. The first-order valence-corrected chi connectivity index (χ1v) is 5.14. The zero-order valence-corrected chi connectivity index (χ0v) is 10.1. The van der Waals surface area contributed by atoms with Crippen molar-refractivity contribution in [3.05, 3.63) is 11.7 Å². The quantitative estimate of drug-likeness (QED) is 0.552. The molecule has 0 aliphatic heterocycles. The van der Waals surface area contributed by atoms with Gasteiger partial charge in [0.2, 0.25) is 0 Å². The highest BCUT2D eigenvalue weighted by atomic mass is 19.4. The molecule has 1 N–H and O–H groups in total. The number of hydrogen-bond acceptors (Lipinski definition) is 1. The first-order valence-electron chi connectivity index (χ1n) is 5.14. The van der Waals surface area contributed by atoms with Gasteiger partial charge in [-0.15, -0.1) is 0 Å². The molecule has 0 aromatic carbocycles. The monoisotopic (exact) mass is 339 g/mol. The number of hydrogen-bond donors (Lipinski definition) is 1. The van der Waals surface area contributed by atoms with Gasteiger partial charge in [0, 0.05) is 6.54 Å². The molecule has 0 rings (SSSR count). The zero-order valence-electron chi connectivity index (χ0n) is 10.1. The summed E-state index contributed by atoms with van der Waals surface area (Å²) in [4.78, 5) is 0. The first kappa shape index (κ1) is 19.9. The van der Waals surface area contributed by atoms with Crippen LogP contribution in [0.3, 0.4) is 0 Å². The average Bonchev–Trinajstić information content (AvgIpc) is 2.23. The molecule has 0 spiro atoms. The van der Waals surface area contributed by atoms with E-state index in [1.165, 1.54) is 6.92 Å². The van der Waals surface area contributed by atoms with E-state index >= 15 is 0 Å². The van der Waals surface area contributed by atoms with Gasteiger partial charge in [-0.25, -0.2) is 0 Å². The van der Waals surface area contributed by atoms with E-state index in [1.807, 2.05) is 0 Å². The summed E-state index contributed by atoms with van der Waals surface area (Å²) in [7, 11) is 0. The normalized spacial score (nSPS) is 14.3. The Morgan fingerprint density at radius 1 is 0.857 bits per heavy atom. The Morgan fingerprint density at radius 3 is 1.57 bits per heavy atom. The summed E-state index contributed by atoms with van der Waals surface area (Å²) >= 11 is 0. The van der Waals surface area contributed by atoms with Crippen LogP contribution in [0.5, 0.6) is 0 Å². The van der Waals surface area contributed by atoms with Crippen molar-refractivity contribution in [2.45, 2.75) is 37.4 Å². The van der Waals surface area contributed by atoms with Gasteiger partial charge in [-0.1, -0.05) is 6.92 Å². The lowest BCUT2D eigenvalue weighted by Crippen LogP contribution is -2.58. The second kappa shape index (κ2) is 5.97. The molecule has 0 aliphatic rings. The largest absolute Gasteiger partial charge is 0.460 e. The molecule has 0 aliphatic carbocycles. The summed E-state index contributed by atoms with van der Waals surface area (Å²) in [5.74, 6) is -13.9. The minimum atomic E-state index is -7.10. The molecule has 0 aromatic heterocycles. The number of alkyl halides is 9. The van der Waals surface area contributed by atoms with Crippen LogP contribution in [0.2, 0.25) is 0 Å². The summed E-state index contributed by atoms with van der Waals surface area (Å²) in [5, 5.41) is 0.768. The van der Waals surface area contributed by atoms with Crippen LogP contribution in [0.15, 0.2) is 11.7 Å². The molecule has 0 heterocycles. The minimum Gasteiger partial charge on any atom is -0.254 e. The maximum atomic E-state index is 13.1. The summed E-state index contributed by atoms with van der Waals surface area (Å²) in [6.45, 7) is 0.318. The number of nitrogens with one attached hydrogen (secondary N) is 1. The molecule has 0 fully saturated rings. The molecule has 1 nitrogen and oxygen atoms in total. The third-order valence-electron chi connectivity index (χ3n) is 2.16. The van der Waals surface area contributed by atoms with Crippen molar-refractivity contribution in [3.63, 3.8) is 0 Å². The molecule has 0 saturated heterocycles. The molecular formula is C9H8F11N. The molecule has 0 saturated carbocycles. The molecule has 0 unspecified atom stereocenters. The van der Waals surface area contributed by atoms with Crippen molar-refractivity contribution in [1.82, 2.24) is 5.32 Å². The van der Waals surface area contributed by atoms with Crippen LogP contribution < -0.4 is 5.32 Å². The van der Waals surface area contributed by atoms with E-state index in [1.54, 1.807) is 0 Å². The van der Waals surface area contributed by atoms with Crippen molar-refractivity contribution in [2.75, 3.05) is 6.54 Å². The van der Waals surface area contributed by atoms with Crippen LogP contribution in [-0.2, 0) is 0 Å². The van der Waals surface area contributed by atoms with Crippen molar-refractivity contribution in [1.29, 1.82) is 0 Å². The van der Waals surface area contributed by atoms with Gasteiger partial charge in [0.05, 0.1) is 0 Å². The third-order valence-corrected chi connectivity index (χ3v) is 2.16. The molecule has 0 bridgehead atoms. The van der Waals surface area contributed by atoms with Crippen LogP contribution >= 0.6 is 0 Å². The van der Waals surface area contributed by atoms with E-state index < -0.39 is 42.3 Å². The van der Waals surface area contributed by atoms with Gasteiger partial charge >= 0.3 is 24.1 Å². The minimum absolute atomic E-state index is 0.210. The standard InChI is InChI=1S/C9H8F11N/c1-2-3-21-7(14,15)4(5(10)11)6(12,13)8(16,17)9(18,19)20/h21H,2-3H2,1H3. The van der Waals surface area contributed by atoms with Gasteiger partial charge in [0.15, 0.2) is 5.57 Å². The SMILES string of the molecule is CCCNC(F)(F)C(=C(F)F)C(F)(F)C(F)(F)C(F)(F)F. The topological polar surface area (TPSA) is 12.0 Å². The lowest BCUT2D eigenvalue weighted by atomic mass is 10.0. The zero-order chi connectivity index (χ0) is 17.3. The smallest absolute Gasteiger partial charge is 0.254 e. The van der Waals surface area contributed by atoms with Crippen molar-refractivity contribution in [2.24, 2.45) is 0 Å². The molecule has 0 atom stereocenters. The van der Waals surface area contributed by atoms with Gasteiger partial charge in [-0.2, -0.15) is 48.3 Å². The van der Waals surface area contributed by atoms with Gasteiger partial charge in [0.25, 0.3) is 6.08 Å². The summed E-state index contributed by atoms with van der Waals surface area (Å²) in [5.41, 5.74) is -3.91. The Labute approximate surface area is 110 Å². The summed E-state index contributed by atoms with van der Waals surface area (Å²) < 4.78 is 137. The lowest BCUT2D eigenvalue weighted by Gasteiger charge is -2.32. The second-order valence-corrected chi connectivity index (χ2v) is 3.78. The predicted octanol–water partition coefficient (Wildman–Crippen LogP) is 4.56. The van der Waals surface area contributed by atoms with Crippen molar-refractivity contribution >= 4 is 0 Å². The van der Waals surface area contributed by atoms with Crippen LogP contribution in [-0.4, -0.2) is 30.6 Å². The molecule has 0 amide bonds. The van der Waals surface area contributed by atoms with Crippen LogP contribution in [0.25, 0.3) is 0 Å². The Balaban J connectivity index is 5.98. The highest BCUT2D eigenvalue weighted by molar-refractivity contribution is 5.26. The number of rotatable bonds is 6. The fourth-order valence-electron chi connectivity index (χ4n) is 1.14. The Morgan fingerprint density at radius 2 is 1.29 bits per heavy atom. The van der Waals surface area contributed by atoms with E-state index in [-0.39, 0.29) is 6.42 Å². The highest BCUT2D eigenvalue weighted by Gasteiger charge is 2.77. The van der Waals surface area contributed by atoms with Gasteiger partial charge < -0.3 is 0 Å². The predicted molar refractivity (Wildman–Crippen MR) is 48.4 cm³/mol. The fourth-order valence-corrected chi connectivity index (χ4v) is 1.14. The summed E-state index contributed by atoms with van der Waals surface area (Å²) in [6, 6.07) is -5.45. The van der Waals surface area contributed by atoms with Gasteiger partial charge in [0.1, 0.15) is 0 Å². The lowest BCUT2D eigenvalue weighted by molar-refractivity contribution is -0.349. The second-order valence-electron chi connectivity index (χ2n) is 3.78. The Hall–Kier alpha value is -1.07. The van der Waals surface area contributed by atoms with Crippen LogP contribution in [0.1, 0.15) is 13.3 Å². The Kier molecular flexibility index (Phi) is 5.67. The van der Waals surface area contributed by atoms with E-state index in [2.05, 4.69) is 0 Å². The molecular weight excluding hydrogens is 331 g/mol. The highest BCUT2D eigenvalue weighted by Crippen LogP contribution is 2.53. The van der Waals surface area contributed by atoms with E-state index in [0.717, 1.165) is 5.32 Å². The maximum absolute atomic E-state index is 13.1. The average molecular weight is 339 g/mol. The van der Waals surface area contributed by atoms with E-state index in [9.17, 15) is 48.3 Å². The first-order chi connectivity index (χ1) is 9.13. The van der Waals surface area contributed by atoms with Gasteiger partial charge in [-0.05, 0) is 6.42 Å². The van der Waals surface area contributed by atoms with Crippen molar-refractivity contribution in [3.8, 4) is 0 Å². The summed E-state index contributed by atoms with van der Waals surface area (Å²) in [6.07, 6.45) is -11.2. The fraction of sp³-hybridized carbons (Fsp3) is 0.778. The molecule has 21 heavy (non-hydrogen) atoms. The molecule has 12 heteroatoms. The van der Waals surface area contributed by atoms with E-state index in [4.69, 9.17) is 0 Å². The Bertz CT molecular complexity index is 391. The van der Waals surface area contributed by atoms with Crippen molar-refractivity contribution < 1.29 is 48.3 Å². The molecule has 126 valence electrons. The van der Waals surface area contributed by atoms with Crippen LogP contribution in [0.4, 0.5) is 48.3 Å². The maximum Gasteiger partial charge on any atom is 0.460 e. The van der Waals surface area contributed by atoms with Crippen LogP contribution in [0, 0.1) is 0 Å². The van der Waals surface area contributed by atoms with E-state index in [0.29, 0.717) is 0 Å². The van der Waals surface area contributed by atoms with Gasteiger partial charge in [-0.3, -0.25) is 5.32 Å². The molecule has 0 radical (unpaired) electrons. The number of halogens is 11. The third kappa shape index (κ3) is 3.77.